The van der Waals surface area contributed by atoms with Crippen LogP contribution in [-0.2, 0) is 0 Å². The van der Waals surface area contributed by atoms with Gasteiger partial charge in [0.2, 0.25) is 0 Å². The second-order valence-electron chi connectivity index (χ2n) is 3.10. The van der Waals surface area contributed by atoms with Crippen molar-refractivity contribution in [3.63, 3.8) is 0 Å². The molecule has 0 aliphatic heterocycles. The van der Waals surface area contributed by atoms with Crippen LogP contribution in [-0.4, -0.2) is 10.1 Å². The Morgan fingerprint density at radius 1 is 1.13 bits per heavy atom. The SMILES string of the molecule is C#Cc1ncccc1O.c1cc2cc-2c1. The number of rotatable bonds is 0. The average Bonchev–Trinajstić information content (AvgIpc) is 2.87. The Bertz CT molecular complexity index is 509. The summed E-state index contributed by atoms with van der Waals surface area (Å²) in [6.07, 6.45) is 6.51. The van der Waals surface area contributed by atoms with E-state index in [4.69, 9.17) is 11.5 Å². The van der Waals surface area contributed by atoms with Gasteiger partial charge in [0.1, 0.15) is 5.75 Å². The number of aromatic hydroxyl groups is 1. The minimum absolute atomic E-state index is 0.0556. The van der Waals surface area contributed by atoms with E-state index in [9.17, 15) is 0 Å². The molecule has 0 aromatic carbocycles. The second-order valence-corrected chi connectivity index (χ2v) is 3.10. The summed E-state index contributed by atoms with van der Waals surface area (Å²) >= 11 is 0. The highest BCUT2D eigenvalue weighted by Gasteiger charge is 2.06. The fourth-order valence-electron chi connectivity index (χ4n) is 1.18. The van der Waals surface area contributed by atoms with Gasteiger partial charge in [0, 0.05) is 6.20 Å². The number of fused-ring (bicyclic) bond motifs is 1. The van der Waals surface area contributed by atoms with E-state index in [2.05, 4.69) is 35.2 Å². The van der Waals surface area contributed by atoms with E-state index in [1.165, 1.54) is 23.4 Å². The molecule has 1 N–H and O–H groups in total. The van der Waals surface area contributed by atoms with E-state index >= 15 is 0 Å². The summed E-state index contributed by atoms with van der Waals surface area (Å²) in [7, 11) is 0. The lowest BCUT2D eigenvalue weighted by Gasteiger charge is -1.90. The van der Waals surface area contributed by atoms with Crippen molar-refractivity contribution < 1.29 is 5.11 Å². The van der Waals surface area contributed by atoms with Gasteiger partial charge >= 0.3 is 0 Å². The van der Waals surface area contributed by atoms with Gasteiger partial charge in [-0.15, -0.1) is 6.42 Å². The Kier molecular flexibility index (Phi) is 2.38. The molecule has 0 saturated carbocycles. The van der Waals surface area contributed by atoms with Gasteiger partial charge in [0.15, 0.2) is 5.69 Å². The lowest BCUT2D eigenvalue weighted by atomic mass is 10.3. The van der Waals surface area contributed by atoms with E-state index < -0.39 is 0 Å². The van der Waals surface area contributed by atoms with E-state index in [0.29, 0.717) is 0 Å². The third kappa shape index (κ3) is 2.15. The van der Waals surface area contributed by atoms with Gasteiger partial charge in [-0.3, -0.25) is 0 Å². The quantitative estimate of drug-likeness (QED) is 0.559. The summed E-state index contributed by atoms with van der Waals surface area (Å²) in [5, 5.41) is 8.91. The van der Waals surface area contributed by atoms with Crippen molar-refractivity contribution in [1.82, 2.24) is 4.98 Å². The summed E-state index contributed by atoms with van der Waals surface area (Å²) in [5.41, 5.74) is 3.14. The van der Waals surface area contributed by atoms with Crippen molar-refractivity contribution in [2.75, 3.05) is 0 Å². The van der Waals surface area contributed by atoms with Crippen LogP contribution in [0.15, 0.2) is 42.6 Å². The second kappa shape index (κ2) is 3.85. The van der Waals surface area contributed by atoms with Gasteiger partial charge in [-0.25, -0.2) is 4.98 Å². The van der Waals surface area contributed by atoms with E-state index in [1.807, 2.05) is 0 Å². The van der Waals surface area contributed by atoms with Crippen LogP contribution >= 0.6 is 0 Å². The smallest absolute Gasteiger partial charge is 0.154 e. The number of nitrogens with zero attached hydrogens (tertiary/aromatic N) is 1. The largest absolute Gasteiger partial charge is 0.505 e. The number of aromatic nitrogens is 1. The first-order valence-corrected chi connectivity index (χ1v) is 4.52. The summed E-state index contributed by atoms with van der Waals surface area (Å²) in [6, 6.07) is 11.6. The third-order valence-electron chi connectivity index (χ3n) is 2.04. The molecule has 2 aliphatic rings. The molecule has 0 amide bonds. The zero-order valence-corrected chi connectivity index (χ0v) is 8.01. The number of hydrogen-bond donors (Lipinski definition) is 1. The molecule has 2 aliphatic carbocycles. The molecular formula is C13H9NO. The molecule has 1 aromatic rings. The Balaban J connectivity index is 0.000000121. The summed E-state index contributed by atoms with van der Waals surface area (Å²) < 4.78 is 0. The van der Waals surface area contributed by atoms with E-state index in [1.54, 1.807) is 6.07 Å². The molecule has 0 atom stereocenters. The lowest BCUT2D eigenvalue weighted by molar-refractivity contribution is 0.471. The highest BCUT2D eigenvalue weighted by atomic mass is 16.3. The van der Waals surface area contributed by atoms with Crippen LogP contribution in [0.5, 0.6) is 5.75 Å². The Morgan fingerprint density at radius 3 is 2.20 bits per heavy atom. The fraction of sp³-hybridized carbons (Fsp3) is 0. The lowest BCUT2D eigenvalue weighted by Crippen LogP contribution is -1.79. The molecule has 15 heavy (non-hydrogen) atoms. The van der Waals surface area contributed by atoms with E-state index in [0.717, 1.165) is 0 Å². The molecule has 2 nitrogen and oxygen atoms in total. The fourth-order valence-corrected chi connectivity index (χ4v) is 1.18. The van der Waals surface area contributed by atoms with Crippen molar-refractivity contribution >= 4 is 0 Å². The third-order valence-corrected chi connectivity index (χ3v) is 2.04. The molecule has 0 spiro atoms. The highest BCUT2D eigenvalue weighted by Crippen LogP contribution is 2.32. The van der Waals surface area contributed by atoms with Crippen LogP contribution in [0.4, 0.5) is 0 Å². The average molecular weight is 195 g/mol. The summed E-state index contributed by atoms with van der Waals surface area (Å²) in [5.74, 6) is 2.29. The van der Waals surface area contributed by atoms with Crippen molar-refractivity contribution in [1.29, 1.82) is 0 Å². The molecule has 0 radical (unpaired) electrons. The molecule has 2 heteroatoms. The first-order valence-electron chi connectivity index (χ1n) is 4.52. The first-order chi connectivity index (χ1) is 7.31. The maximum atomic E-state index is 8.91. The first kappa shape index (κ1) is 9.29. The Labute approximate surface area is 88.2 Å². The molecule has 1 aromatic heterocycles. The molecule has 1 heterocycles. The van der Waals surface area contributed by atoms with Crippen LogP contribution in [0.2, 0.25) is 0 Å². The van der Waals surface area contributed by atoms with Gasteiger partial charge in [0.25, 0.3) is 0 Å². The maximum absolute atomic E-state index is 8.91. The number of benzene rings is 1. The van der Waals surface area contributed by atoms with Gasteiger partial charge in [-0.2, -0.15) is 0 Å². The van der Waals surface area contributed by atoms with Crippen molar-refractivity contribution in [2.45, 2.75) is 0 Å². The van der Waals surface area contributed by atoms with Crippen LogP contribution in [0.3, 0.4) is 0 Å². The van der Waals surface area contributed by atoms with E-state index in [-0.39, 0.29) is 11.4 Å². The molecule has 3 rings (SSSR count). The van der Waals surface area contributed by atoms with Crippen LogP contribution in [0.25, 0.3) is 11.1 Å². The van der Waals surface area contributed by atoms with Crippen molar-refractivity contribution in [2.24, 2.45) is 0 Å². The van der Waals surface area contributed by atoms with Gasteiger partial charge in [-0.1, -0.05) is 18.2 Å². The van der Waals surface area contributed by atoms with Crippen molar-refractivity contribution in [3.05, 3.63) is 48.3 Å². The minimum Gasteiger partial charge on any atom is -0.505 e. The zero-order chi connectivity index (χ0) is 10.7. The molecular weight excluding hydrogens is 186 g/mol. The molecule has 0 unspecified atom stereocenters. The molecule has 0 bridgehead atoms. The van der Waals surface area contributed by atoms with Crippen molar-refractivity contribution in [3.8, 4) is 29.2 Å². The van der Waals surface area contributed by atoms with Gasteiger partial charge in [-0.05, 0) is 35.2 Å². The summed E-state index contributed by atoms with van der Waals surface area (Å²) in [6.45, 7) is 0. The predicted molar refractivity (Wildman–Crippen MR) is 59.3 cm³/mol. The number of hydrogen-bond acceptors (Lipinski definition) is 2. The summed E-state index contributed by atoms with van der Waals surface area (Å²) in [4.78, 5) is 3.71. The normalized spacial score (nSPS) is 9.53. The topological polar surface area (TPSA) is 33.1 Å². The standard InChI is InChI=1S/C7H5NO.C6H4/c1-2-6-7(9)4-3-5-8-6;1-2-5-4-6(5)3-1/h1,3-5,9H;1-4H. The van der Waals surface area contributed by atoms with Crippen LogP contribution < -0.4 is 0 Å². The zero-order valence-electron chi connectivity index (χ0n) is 8.01. The molecule has 0 saturated heterocycles. The molecule has 0 fully saturated rings. The highest BCUT2D eigenvalue weighted by molar-refractivity contribution is 5.80. The van der Waals surface area contributed by atoms with Gasteiger partial charge in [0.05, 0.1) is 0 Å². The monoisotopic (exact) mass is 195 g/mol. The Hall–Kier alpha value is -2.27. The van der Waals surface area contributed by atoms with Gasteiger partial charge < -0.3 is 5.11 Å². The van der Waals surface area contributed by atoms with Crippen LogP contribution in [0.1, 0.15) is 5.69 Å². The maximum Gasteiger partial charge on any atom is 0.154 e. The molecule has 72 valence electrons. The Morgan fingerprint density at radius 2 is 1.87 bits per heavy atom. The minimum atomic E-state index is 0.0556. The number of terminal acetylenes is 1. The number of pyridine rings is 1. The predicted octanol–water partition coefficient (Wildman–Crippen LogP) is 2.44. The van der Waals surface area contributed by atoms with Crippen LogP contribution in [0, 0.1) is 12.3 Å².